The molecular formula is C21H21F3N2O4S. The summed E-state index contributed by atoms with van der Waals surface area (Å²) in [6.45, 7) is 2.13. The zero-order chi connectivity index (χ0) is 22.8. The molecule has 1 fully saturated rings. The molecule has 1 aliphatic heterocycles. The highest BCUT2D eigenvalue weighted by Gasteiger charge is 2.65. The Kier molecular flexibility index (Phi) is 6.42. The molecule has 0 bridgehead atoms. The second kappa shape index (κ2) is 8.72. The topological polar surface area (TPSA) is 79.8 Å². The lowest BCUT2D eigenvalue weighted by Gasteiger charge is -2.46. The standard InChI is InChI=1S/C21H21F3N2O4S/c1-3-30-14-10-9-13(11-15(14)29-2)17-16(18(27)12-7-5-4-6-8-12)20(28,21(22,23)24)26-19(31)25-17/h4-11,16-17,28H,3H2,1-2H3,(H2,25,26,31)/t16-,17-,20-/m0/s1. The summed E-state index contributed by atoms with van der Waals surface area (Å²) in [5.41, 5.74) is -3.30. The van der Waals surface area contributed by atoms with Crippen LogP contribution in [0.1, 0.15) is 28.9 Å². The number of halogens is 3. The molecule has 1 aliphatic rings. The van der Waals surface area contributed by atoms with E-state index < -0.39 is 34.8 Å². The average Bonchev–Trinajstić information content (AvgIpc) is 2.73. The van der Waals surface area contributed by atoms with Gasteiger partial charge >= 0.3 is 6.18 Å². The Morgan fingerprint density at radius 1 is 1.19 bits per heavy atom. The van der Waals surface area contributed by atoms with E-state index in [2.05, 4.69) is 5.32 Å². The molecule has 0 unspecified atom stereocenters. The number of ketones is 1. The average molecular weight is 454 g/mol. The maximum atomic E-state index is 14.0. The number of methoxy groups -OCH3 is 1. The van der Waals surface area contributed by atoms with Gasteiger partial charge < -0.3 is 25.2 Å². The summed E-state index contributed by atoms with van der Waals surface area (Å²) in [4.78, 5) is 13.2. The Morgan fingerprint density at radius 3 is 2.45 bits per heavy atom. The van der Waals surface area contributed by atoms with Gasteiger partial charge in [0, 0.05) is 5.56 Å². The first kappa shape index (κ1) is 22.8. The molecule has 2 aromatic rings. The second-order valence-corrected chi connectivity index (χ2v) is 7.30. The SMILES string of the molecule is CCOc1ccc([C@@H]2NC(=S)N[C@@](O)(C(F)(F)F)[C@@H]2C(=O)c2ccccc2)cc1OC. The fourth-order valence-corrected chi connectivity index (χ4v) is 3.83. The molecular weight excluding hydrogens is 433 g/mol. The lowest BCUT2D eigenvalue weighted by Crippen LogP contribution is -2.72. The van der Waals surface area contributed by atoms with Gasteiger partial charge in [0.15, 0.2) is 22.4 Å². The van der Waals surface area contributed by atoms with Gasteiger partial charge in [0.2, 0.25) is 5.72 Å². The number of ether oxygens (including phenoxy) is 2. The molecule has 31 heavy (non-hydrogen) atoms. The van der Waals surface area contributed by atoms with Crippen molar-refractivity contribution in [3.8, 4) is 11.5 Å². The fourth-order valence-electron chi connectivity index (χ4n) is 3.55. The van der Waals surface area contributed by atoms with Gasteiger partial charge in [-0.25, -0.2) is 0 Å². The Balaban J connectivity index is 2.16. The summed E-state index contributed by atoms with van der Waals surface area (Å²) >= 11 is 4.94. The van der Waals surface area contributed by atoms with Gasteiger partial charge in [0.25, 0.3) is 0 Å². The lowest BCUT2D eigenvalue weighted by molar-refractivity contribution is -0.285. The molecule has 0 saturated carbocycles. The van der Waals surface area contributed by atoms with Crippen LogP contribution in [0, 0.1) is 5.92 Å². The van der Waals surface area contributed by atoms with Gasteiger partial charge in [-0.2, -0.15) is 13.2 Å². The van der Waals surface area contributed by atoms with Crippen LogP contribution in [0.3, 0.4) is 0 Å². The summed E-state index contributed by atoms with van der Waals surface area (Å²) in [7, 11) is 1.39. The summed E-state index contributed by atoms with van der Waals surface area (Å²) in [5, 5.41) is 14.9. The maximum Gasteiger partial charge on any atom is 0.437 e. The predicted octanol–water partition coefficient (Wildman–Crippen LogP) is 3.36. The summed E-state index contributed by atoms with van der Waals surface area (Å²) in [5.74, 6) is -2.22. The molecule has 166 valence electrons. The third-order valence-corrected chi connectivity index (χ3v) is 5.21. The van der Waals surface area contributed by atoms with E-state index in [1.54, 1.807) is 13.0 Å². The quantitative estimate of drug-likeness (QED) is 0.456. The normalized spacial score (nSPS) is 23.5. The van der Waals surface area contributed by atoms with Gasteiger partial charge in [0.05, 0.1) is 19.8 Å². The van der Waals surface area contributed by atoms with Crippen molar-refractivity contribution in [3.05, 3.63) is 59.7 Å². The molecule has 0 aliphatic carbocycles. The molecule has 1 saturated heterocycles. The highest BCUT2D eigenvalue weighted by molar-refractivity contribution is 7.80. The Labute approximate surface area is 182 Å². The zero-order valence-corrected chi connectivity index (χ0v) is 17.5. The first-order valence-electron chi connectivity index (χ1n) is 9.40. The number of nitrogens with one attached hydrogen (secondary N) is 2. The van der Waals surface area contributed by atoms with Crippen molar-refractivity contribution >= 4 is 23.1 Å². The molecule has 0 amide bonds. The Bertz CT molecular complexity index is 971. The van der Waals surface area contributed by atoms with Crippen LogP contribution < -0.4 is 20.1 Å². The number of rotatable bonds is 6. The van der Waals surface area contributed by atoms with Crippen molar-refractivity contribution in [1.82, 2.24) is 10.6 Å². The van der Waals surface area contributed by atoms with E-state index in [1.807, 2.05) is 5.32 Å². The van der Waals surface area contributed by atoms with E-state index in [0.717, 1.165) is 0 Å². The molecule has 3 N–H and O–H groups in total. The first-order valence-corrected chi connectivity index (χ1v) is 9.81. The van der Waals surface area contributed by atoms with Gasteiger partial charge in [-0.3, -0.25) is 4.79 Å². The third-order valence-electron chi connectivity index (χ3n) is 4.99. The van der Waals surface area contributed by atoms with E-state index >= 15 is 0 Å². The molecule has 3 rings (SSSR count). The lowest BCUT2D eigenvalue weighted by atomic mass is 9.77. The van der Waals surface area contributed by atoms with E-state index in [0.29, 0.717) is 12.4 Å². The van der Waals surface area contributed by atoms with Crippen LogP contribution in [0.25, 0.3) is 0 Å². The summed E-state index contributed by atoms with van der Waals surface area (Å²) in [6.07, 6.45) is -5.19. The smallest absolute Gasteiger partial charge is 0.437 e. The number of hydrogen-bond acceptors (Lipinski definition) is 5. The number of alkyl halides is 3. The maximum absolute atomic E-state index is 14.0. The number of benzene rings is 2. The third kappa shape index (κ3) is 4.31. The van der Waals surface area contributed by atoms with E-state index in [-0.39, 0.29) is 16.9 Å². The molecule has 0 spiro atoms. The van der Waals surface area contributed by atoms with Crippen molar-refractivity contribution in [2.45, 2.75) is 24.9 Å². The van der Waals surface area contributed by atoms with Crippen LogP contribution in [-0.4, -0.2) is 41.6 Å². The highest BCUT2D eigenvalue weighted by atomic mass is 32.1. The number of thiocarbonyl (C=S) groups is 1. The first-order chi connectivity index (χ1) is 14.6. The fraction of sp³-hybridized carbons (Fsp3) is 0.333. The van der Waals surface area contributed by atoms with Crippen LogP contribution >= 0.6 is 12.2 Å². The second-order valence-electron chi connectivity index (χ2n) is 6.89. The molecule has 10 heteroatoms. The number of carbonyl (C=O) groups excluding carboxylic acids is 1. The van der Waals surface area contributed by atoms with Crippen LogP contribution in [0.4, 0.5) is 13.2 Å². The van der Waals surface area contributed by atoms with Gasteiger partial charge in [0.1, 0.15) is 5.92 Å². The monoisotopic (exact) mass is 454 g/mol. The minimum Gasteiger partial charge on any atom is -0.493 e. The largest absolute Gasteiger partial charge is 0.493 e. The number of carbonyl (C=O) groups is 1. The van der Waals surface area contributed by atoms with Crippen LogP contribution in [-0.2, 0) is 0 Å². The van der Waals surface area contributed by atoms with Crippen molar-refractivity contribution in [3.63, 3.8) is 0 Å². The van der Waals surface area contributed by atoms with Crippen LogP contribution in [0.15, 0.2) is 48.5 Å². The minimum absolute atomic E-state index is 0.0227. The molecule has 0 radical (unpaired) electrons. The molecule has 0 aromatic heterocycles. The van der Waals surface area contributed by atoms with Crippen LogP contribution in [0.2, 0.25) is 0 Å². The molecule has 2 aromatic carbocycles. The van der Waals surface area contributed by atoms with E-state index in [9.17, 15) is 23.1 Å². The summed E-state index contributed by atoms with van der Waals surface area (Å²) < 4.78 is 52.8. The van der Waals surface area contributed by atoms with E-state index in [4.69, 9.17) is 21.7 Å². The zero-order valence-electron chi connectivity index (χ0n) is 16.7. The molecule has 1 heterocycles. The van der Waals surface area contributed by atoms with E-state index in [1.165, 1.54) is 49.6 Å². The van der Waals surface area contributed by atoms with Crippen molar-refractivity contribution in [1.29, 1.82) is 0 Å². The van der Waals surface area contributed by atoms with Gasteiger partial charge in [-0.1, -0.05) is 36.4 Å². The molecule has 6 nitrogen and oxygen atoms in total. The highest BCUT2D eigenvalue weighted by Crippen LogP contribution is 2.45. The summed E-state index contributed by atoms with van der Waals surface area (Å²) in [6, 6.07) is 10.7. The van der Waals surface area contributed by atoms with Gasteiger partial charge in [-0.15, -0.1) is 0 Å². The van der Waals surface area contributed by atoms with Gasteiger partial charge in [-0.05, 0) is 36.8 Å². The predicted molar refractivity (Wildman–Crippen MR) is 111 cm³/mol. The van der Waals surface area contributed by atoms with Crippen molar-refractivity contribution in [2.75, 3.05) is 13.7 Å². The Hall–Kier alpha value is -2.85. The van der Waals surface area contributed by atoms with Crippen molar-refractivity contribution < 1.29 is 32.5 Å². The van der Waals surface area contributed by atoms with Crippen LogP contribution in [0.5, 0.6) is 11.5 Å². The number of hydrogen-bond donors (Lipinski definition) is 3. The molecule has 3 atom stereocenters. The van der Waals surface area contributed by atoms with Crippen molar-refractivity contribution in [2.24, 2.45) is 5.92 Å². The number of Topliss-reactive ketones (excluding diaryl/α,β-unsaturated/α-hetero) is 1. The minimum atomic E-state index is -5.19. The number of aliphatic hydroxyl groups is 1. The Morgan fingerprint density at radius 2 is 1.87 bits per heavy atom.